The molecule has 142 valence electrons. The Hall–Kier alpha value is -2.81. The molecule has 3 aromatic rings. The van der Waals surface area contributed by atoms with Crippen LogP contribution in [0.2, 0.25) is 0 Å². The fourth-order valence-corrected chi connectivity index (χ4v) is 3.26. The lowest BCUT2D eigenvalue weighted by Crippen LogP contribution is -2.19. The van der Waals surface area contributed by atoms with Gasteiger partial charge in [0.15, 0.2) is 11.7 Å². The van der Waals surface area contributed by atoms with E-state index < -0.39 is 12.8 Å². The number of carbonyl (C=O) groups excluding carboxylic acids is 1. The van der Waals surface area contributed by atoms with Crippen molar-refractivity contribution in [2.45, 2.75) is 12.6 Å². The molecule has 0 unspecified atom stereocenters. The average Bonchev–Trinajstić information content (AvgIpc) is 3.00. The smallest absolute Gasteiger partial charge is 0.422 e. The van der Waals surface area contributed by atoms with Crippen molar-refractivity contribution in [3.8, 4) is 11.5 Å². The van der Waals surface area contributed by atoms with E-state index in [0.29, 0.717) is 21.1 Å². The zero-order chi connectivity index (χ0) is 19.4. The second-order valence-electron chi connectivity index (χ2n) is 5.63. The lowest BCUT2D eigenvalue weighted by Gasteiger charge is -2.08. The Morgan fingerprint density at radius 3 is 2.74 bits per heavy atom. The van der Waals surface area contributed by atoms with Crippen LogP contribution in [0.4, 0.5) is 18.3 Å². The van der Waals surface area contributed by atoms with Crippen LogP contribution in [0.25, 0.3) is 10.2 Å². The molecule has 1 amide bonds. The number of thiazole rings is 1. The summed E-state index contributed by atoms with van der Waals surface area (Å²) in [7, 11) is 1.55. The minimum Gasteiger partial charge on any atom is -0.497 e. The number of anilines is 1. The van der Waals surface area contributed by atoms with Gasteiger partial charge in [-0.25, -0.2) is 4.98 Å². The topological polar surface area (TPSA) is 60.5 Å². The van der Waals surface area contributed by atoms with Gasteiger partial charge in [-0.05, 0) is 35.9 Å². The van der Waals surface area contributed by atoms with Crippen LogP contribution in [0.1, 0.15) is 5.56 Å². The molecule has 0 radical (unpaired) electrons. The quantitative estimate of drug-likeness (QED) is 0.670. The van der Waals surface area contributed by atoms with Crippen LogP contribution in [0.5, 0.6) is 11.5 Å². The van der Waals surface area contributed by atoms with Crippen LogP contribution in [0, 0.1) is 0 Å². The third-order valence-electron chi connectivity index (χ3n) is 3.51. The van der Waals surface area contributed by atoms with E-state index in [4.69, 9.17) is 9.47 Å². The molecule has 0 spiro atoms. The Balaban J connectivity index is 1.66. The monoisotopic (exact) mass is 396 g/mol. The first kappa shape index (κ1) is 19.0. The summed E-state index contributed by atoms with van der Waals surface area (Å²) in [5, 5.41) is 3.07. The van der Waals surface area contributed by atoms with Crippen molar-refractivity contribution in [3.05, 3.63) is 48.0 Å². The third-order valence-corrected chi connectivity index (χ3v) is 4.44. The number of halogens is 3. The number of methoxy groups -OCH3 is 1. The lowest BCUT2D eigenvalue weighted by molar-refractivity contribution is -0.153. The number of nitrogens with one attached hydrogen (secondary N) is 1. The van der Waals surface area contributed by atoms with Gasteiger partial charge in [-0.15, -0.1) is 0 Å². The number of hydrogen-bond donors (Lipinski definition) is 1. The number of carbonyl (C=O) groups is 1. The Labute approximate surface area is 156 Å². The second kappa shape index (κ2) is 7.83. The molecule has 0 saturated heterocycles. The van der Waals surface area contributed by atoms with Gasteiger partial charge in [-0.1, -0.05) is 23.5 Å². The van der Waals surface area contributed by atoms with Crippen molar-refractivity contribution < 1.29 is 27.4 Å². The summed E-state index contributed by atoms with van der Waals surface area (Å²) in [6, 6.07) is 11.6. The summed E-state index contributed by atoms with van der Waals surface area (Å²) >= 11 is 1.16. The number of hydrogen-bond acceptors (Lipinski definition) is 5. The van der Waals surface area contributed by atoms with Crippen molar-refractivity contribution in [2.24, 2.45) is 0 Å². The molecule has 9 heteroatoms. The van der Waals surface area contributed by atoms with Crippen molar-refractivity contribution in [2.75, 3.05) is 19.0 Å². The van der Waals surface area contributed by atoms with Crippen molar-refractivity contribution in [3.63, 3.8) is 0 Å². The zero-order valence-electron chi connectivity index (χ0n) is 14.2. The molecule has 3 rings (SSSR count). The van der Waals surface area contributed by atoms with E-state index in [1.54, 1.807) is 31.4 Å². The van der Waals surface area contributed by atoms with Crippen LogP contribution in [-0.4, -0.2) is 30.8 Å². The molecular formula is C18H15F3N2O3S. The summed E-state index contributed by atoms with van der Waals surface area (Å²) in [5.41, 5.74) is 1.35. The van der Waals surface area contributed by atoms with E-state index in [-0.39, 0.29) is 18.1 Å². The lowest BCUT2D eigenvalue weighted by atomic mass is 10.1. The highest BCUT2D eigenvalue weighted by atomic mass is 32.1. The van der Waals surface area contributed by atoms with Gasteiger partial charge in [-0.3, -0.25) is 4.79 Å². The van der Waals surface area contributed by atoms with E-state index >= 15 is 0 Å². The van der Waals surface area contributed by atoms with E-state index in [2.05, 4.69) is 10.3 Å². The highest BCUT2D eigenvalue weighted by Gasteiger charge is 2.28. The second-order valence-corrected chi connectivity index (χ2v) is 6.66. The van der Waals surface area contributed by atoms with E-state index in [0.717, 1.165) is 16.9 Å². The summed E-state index contributed by atoms with van der Waals surface area (Å²) in [5.74, 6) is 0.500. The molecule has 0 atom stereocenters. The Kier molecular flexibility index (Phi) is 5.50. The molecule has 2 aromatic carbocycles. The van der Waals surface area contributed by atoms with Crippen molar-refractivity contribution >= 4 is 32.6 Å². The Bertz CT molecular complexity index is 956. The minimum atomic E-state index is -4.40. The number of nitrogens with zero attached hydrogens (tertiary/aromatic N) is 1. The molecule has 5 nitrogen and oxygen atoms in total. The summed E-state index contributed by atoms with van der Waals surface area (Å²) < 4.78 is 47.2. The molecular weight excluding hydrogens is 381 g/mol. The number of alkyl halides is 3. The van der Waals surface area contributed by atoms with Gasteiger partial charge in [0.2, 0.25) is 5.91 Å². The zero-order valence-corrected chi connectivity index (χ0v) is 15.0. The van der Waals surface area contributed by atoms with E-state index in [1.165, 1.54) is 12.1 Å². The number of rotatable bonds is 6. The van der Waals surface area contributed by atoms with Gasteiger partial charge in [0.05, 0.1) is 23.7 Å². The largest absolute Gasteiger partial charge is 0.497 e. The van der Waals surface area contributed by atoms with Gasteiger partial charge >= 0.3 is 6.18 Å². The first-order valence-corrected chi connectivity index (χ1v) is 8.67. The number of benzene rings is 2. The molecule has 0 saturated carbocycles. The minimum absolute atomic E-state index is 0.0951. The average molecular weight is 396 g/mol. The standard InChI is InChI=1S/C18H15F3N2O3S/c1-25-12-4-2-3-11(7-12)8-16(24)23-17-22-14-6-5-13(9-15(14)27-17)26-10-18(19,20)21/h2-7,9H,8,10H2,1H3,(H,22,23,24). The molecule has 0 fully saturated rings. The van der Waals surface area contributed by atoms with E-state index in [9.17, 15) is 18.0 Å². The summed E-state index contributed by atoms with van der Waals surface area (Å²) in [4.78, 5) is 16.5. The fraction of sp³-hybridized carbons (Fsp3) is 0.222. The molecule has 0 bridgehead atoms. The highest BCUT2D eigenvalue weighted by Crippen LogP contribution is 2.30. The van der Waals surface area contributed by atoms with Crippen molar-refractivity contribution in [1.82, 2.24) is 4.98 Å². The molecule has 0 aliphatic heterocycles. The molecule has 0 aliphatic rings. The molecule has 0 aliphatic carbocycles. The van der Waals surface area contributed by atoms with Gasteiger partial charge in [0.25, 0.3) is 0 Å². The van der Waals surface area contributed by atoms with Crippen LogP contribution in [-0.2, 0) is 11.2 Å². The molecule has 1 aromatic heterocycles. The van der Waals surface area contributed by atoms with Gasteiger partial charge in [0.1, 0.15) is 11.5 Å². The highest BCUT2D eigenvalue weighted by molar-refractivity contribution is 7.22. The van der Waals surface area contributed by atoms with Crippen LogP contribution < -0.4 is 14.8 Å². The van der Waals surface area contributed by atoms with Crippen LogP contribution in [0.3, 0.4) is 0 Å². The maximum Gasteiger partial charge on any atom is 0.422 e. The summed E-state index contributed by atoms with van der Waals surface area (Å²) in [6.45, 7) is -1.36. The Morgan fingerprint density at radius 1 is 1.19 bits per heavy atom. The van der Waals surface area contributed by atoms with E-state index in [1.807, 2.05) is 6.07 Å². The number of aromatic nitrogens is 1. The first-order chi connectivity index (χ1) is 12.8. The number of fused-ring (bicyclic) bond motifs is 1. The normalized spacial score (nSPS) is 11.4. The maximum absolute atomic E-state index is 12.2. The maximum atomic E-state index is 12.2. The fourth-order valence-electron chi connectivity index (χ4n) is 2.34. The van der Waals surface area contributed by atoms with Gasteiger partial charge in [-0.2, -0.15) is 13.2 Å². The molecule has 27 heavy (non-hydrogen) atoms. The number of ether oxygens (including phenoxy) is 2. The van der Waals surface area contributed by atoms with Gasteiger partial charge < -0.3 is 14.8 Å². The first-order valence-electron chi connectivity index (χ1n) is 7.85. The van der Waals surface area contributed by atoms with Crippen LogP contribution >= 0.6 is 11.3 Å². The SMILES string of the molecule is COc1cccc(CC(=O)Nc2nc3ccc(OCC(F)(F)F)cc3s2)c1. The predicted molar refractivity (Wildman–Crippen MR) is 96.5 cm³/mol. The third kappa shape index (κ3) is 5.33. The summed E-state index contributed by atoms with van der Waals surface area (Å²) in [6.07, 6.45) is -4.25. The van der Waals surface area contributed by atoms with Crippen molar-refractivity contribution in [1.29, 1.82) is 0 Å². The molecule has 1 N–H and O–H groups in total. The van der Waals surface area contributed by atoms with Crippen LogP contribution in [0.15, 0.2) is 42.5 Å². The molecule has 1 heterocycles. The Morgan fingerprint density at radius 2 is 2.00 bits per heavy atom. The van der Waals surface area contributed by atoms with Gasteiger partial charge in [0, 0.05) is 0 Å². The number of amides is 1. The predicted octanol–water partition coefficient (Wildman–Crippen LogP) is 4.43.